The zero-order valence-corrected chi connectivity index (χ0v) is 45.3. The summed E-state index contributed by atoms with van der Waals surface area (Å²) in [4.78, 5) is 144. The van der Waals surface area contributed by atoms with E-state index in [2.05, 4.69) is 47.2 Å². The number of aromatic amines is 1. The number of nitrogens with two attached hydrogens (primary N) is 2. The fraction of sp³-hybridized carbons (Fsp3) is 0.537. The molecule has 11 atom stereocenters. The number of unbranched alkanes of at least 4 members (excludes halogenated alkanes) is 1. The van der Waals surface area contributed by atoms with Gasteiger partial charge in [-0.25, -0.2) is 9.78 Å². The van der Waals surface area contributed by atoms with Gasteiger partial charge in [0.25, 0.3) is 0 Å². The number of carbonyl (C=O) groups is 10. The number of H-pyrrole nitrogens is 1. The molecule has 25 heteroatoms. The molecule has 15 N–H and O–H groups in total. The Morgan fingerprint density at radius 1 is 0.658 bits per heavy atom. The number of likely N-dealkylation sites (tertiary alicyclic amines) is 1. The van der Waals surface area contributed by atoms with Gasteiger partial charge in [-0.2, -0.15) is 0 Å². The van der Waals surface area contributed by atoms with Crippen LogP contribution in [0.25, 0.3) is 0 Å². The monoisotopic (exact) mass is 1100 g/mol. The van der Waals surface area contributed by atoms with Gasteiger partial charge in [-0.15, -0.1) is 0 Å². The van der Waals surface area contributed by atoms with Gasteiger partial charge in [0.05, 0.1) is 24.9 Å². The minimum absolute atomic E-state index is 0.00259. The van der Waals surface area contributed by atoms with Gasteiger partial charge in [-0.3, -0.25) is 43.2 Å². The third kappa shape index (κ3) is 19.9. The molecule has 1 fully saturated rings. The van der Waals surface area contributed by atoms with Crippen molar-refractivity contribution in [3.05, 3.63) is 90.0 Å². The molecule has 0 saturated carbocycles. The Hall–Kier alpha value is -7.77. The highest BCUT2D eigenvalue weighted by Gasteiger charge is 2.41. The van der Waals surface area contributed by atoms with Crippen LogP contribution in [0, 0.1) is 11.8 Å². The quantitative estimate of drug-likeness (QED) is 0.0331. The second kappa shape index (κ2) is 31.6. The molecule has 1 aliphatic rings. The molecule has 0 radical (unpaired) electrons. The van der Waals surface area contributed by atoms with Crippen molar-refractivity contribution in [3.8, 4) is 0 Å². The SMILES string of the molecule is CC[C@H](C)[C@H](NC(=O)[C@@H](CC(=O)O)NC(=O)[C@H](CCCCN)NC(=O)[C@H](Cc1ccccc1)NC(=O)[C@H](Cc1ccccc1)NC(=O)[C@@H](N)Cc1cnc[nH]1)C(=O)N[C@H](C(=O)N[C@H](C(=O)N1CCC[C@H]1C(=O)O)[C@@H](C)O)C(C)C. The molecule has 432 valence electrons. The number of hydrogen-bond acceptors (Lipinski definition) is 14. The first kappa shape index (κ1) is 63.8. The van der Waals surface area contributed by atoms with Crippen molar-refractivity contribution in [2.45, 2.75) is 159 Å². The summed E-state index contributed by atoms with van der Waals surface area (Å²) in [7, 11) is 0. The van der Waals surface area contributed by atoms with E-state index in [9.17, 15) is 63.3 Å². The Bertz CT molecular complexity index is 2520. The Balaban J connectivity index is 1.57. The molecule has 3 aromatic rings. The first-order valence-corrected chi connectivity index (χ1v) is 26.6. The number of aliphatic carboxylic acids is 2. The van der Waals surface area contributed by atoms with E-state index >= 15 is 0 Å². The fourth-order valence-electron chi connectivity index (χ4n) is 8.92. The molecular weight excluding hydrogens is 1020 g/mol. The molecule has 4 rings (SSSR count). The van der Waals surface area contributed by atoms with Crippen LogP contribution in [0.2, 0.25) is 0 Å². The van der Waals surface area contributed by atoms with Crippen LogP contribution in [0.1, 0.15) is 96.4 Å². The molecule has 1 aromatic heterocycles. The van der Waals surface area contributed by atoms with Gasteiger partial charge in [0.1, 0.15) is 48.3 Å². The van der Waals surface area contributed by atoms with Crippen LogP contribution in [0.5, 0.6) is 0 Å². The van der Waals surface area contributed by atoms with E-state index in [1.54, 1.807) is 88.4 Å². The van der Waals surface area contributed by atoms with Crippen LogP contribution in [0.3, 0.4) is 0 Å². The van der Waals surface area contributed by atoms with E-state index in [1.807, 2.05) is 0 Å². The van der Waals surface area contributed by atoms with Gasteiger partial charge in [0.2, 0.25) is 47.3 Å². The van der Waals surface area contributed by atoms with Crippen molar-refractivity contribution in [1.82, 2.24) is 52.1 Å². The predicted octanol–water partition coefficient (Wildman–Crippen LogP) is -1.08. The summed E-state index contributed by atoms with van der Waals surface area (Å²) >= 11 is 0. The summed E-state index contributed by atoms with van der Waals surface area (Å²) in [6, 6.07) is 4.98. The normalized spacial score (nSPS) is 17.0. The van der Waals surface area contributed by atoms with Crippen LogP contribution >= 0.6 is 0 Å². The number of hydrogen-bond donors (Lipinski definition) is 13. The highest BCUT2D eigenvalue weighted by atomic mass is 16.4. The number of nitrogens with zero attached hydrogens (tertiary/aromatic N) is 2. The third-order valence-corrected chi connectivity index (χ3v) is 13.7. The van der Waals surface area contributed by atoms with Crippen molar-refractivity contribution >= 4 is 59.2 Å². The van der Waals surface area contributed by atoms with E-state index < -0.39 is 138 Å². The lowest BCUT2D eigenvalue weighted by atomic mass is 9.95. The maximum Gasteiger partial charge on any atom is 0.326 e. The highest BCUT2D eigenvalue weighted by molar-refractivity contribution is 5.99. The van der Waals surface area contributed by atoms with Crippen LogP contribution < -0.4 is 48.7 Å². The standard InChI is InChI=1S/C54H78N12O13/c1-6-31(4)44(52(76)63-43(30(2)3)51(75)65-45(32(5)67)53(77)66-23-15-21-41(66)54(78)79)64-50(74)40(27-42(68)69)62-47(71)37(20-13-14-22-55)59-48(72)39(25-34-18-11-8-12-19-34)61-49(73)38(24-33-16-9-7-10-17-33)60-46(70)36(56)26-35-28-57-29-58-35/h7-12,16-19,28-32,36-41,43-45,67H,6,13-15,20-27,55-56H2,1-5H3,(H,57,58)(H,59,72)(H,60,70)(H,61,73)(H,62,71)(H,63,76)(H,64,74)(H,65,75)(H,68,69)(H,78,79)/t31-,32+,36-,37-,38-,39-,40+,41-,43-,44-,45-/m0/s1. The largest absolute Gasteiger partial charge is 0.481 e. The summed E-state index contributed by atoms with van der Waals surface area (Å²) < 4.78 is 0. The number of benzene rings is 2. The van der Waals surface area contributed by atoms with Crippen molar-refractivity contribution in [2.24, 2.45) is 23.3 Å². The molecule has 0 unspecified atom stereocenters. The minimum atomic E-state index is -1.83. The second-order valence-electron chi connectivity index (χ2n) is 20.3. The molecule has 1 saturated heterocycles. The van der Waals surface area contributed by atoms with Crippen LogP contribution in [-0.4, -0.2) is 163 Å². The molecule has 0 spiro atoms. The summed E-state index contributed by atoms with van der Waals surface area (Å²) in [6.45, 7) is 8.04. The number of aliphatic hydroxyl groups excluding tert-OH is 1. The molecule has 8 amide bonds. The summed E-state index contributed by atoms with van der Waals surface area (Å²) in [6.07, 6.45) is 1.96. The number of rotatable bonds is 32. The van der Waals surface area contributed by atoms with Crippen LogP contribution in [0.15, 0.2) is 73.2 Å². The molecule has 25 nitrogen and oxygen atoms in total. The number of carboxylic acids is 2. The summed E-state index contributed by atoms with van der Waals surface area (Å²) in [5.41, 5.74) is 13.9. The Morgan fingerprint density at radius 2 is 1.16 bits per heavy atom. The summed E-state index contributed by atoms with van der Waals surface area (Å²) in [5.74, 6) is -11.0. The number of nitrogens with one attached hydrogen (secondary N) is 8. The average Bonchev–Trinajstić information content (AvgIpc) is 4.13. The molecule has 0 bridgehead atoms. The van der Waals surface area contributed by atoms with E-state index in [1.165, 1.54) is 19.4 Å². The van der Waals surface area contributed by atoms with Gasteiger partial charge >= 0.3 is 11.9 Å². The lowest BCUT2D eigenvalue weighted by Crippen LogP contribution is -2.63. The van der Waals surface area contributed by atoms with Gasteiger partial charge < -0.3 is 73.9 Å². The minimum Gasteiger partial charge on any atom is -0.481 e. The lowest BCUT2D eigenvalue weighted by Gasteiger charge is -2.32. The number of aromatic nitrogens is 2. The fourth-order valence-corrected chi connectivity index (χ4v) is 8.92. The molecule has 0 aliphatic carbocycles. The smallest absolute Gasteiger partial charge is 0.326 e. The Morgan fingerprint density at radius 3 is 1.67 bits per heavy atom. The lowest BCUT2D eigenvalue weighted by molar-refractivity contribution is -0.151. The average molecular weight is 1100 g/mol. The van der Waals surface area contributed by atoms with E-state index in [0.29, 0.717) is 29.7 Å². The van der Waals surface area contributed by atoms with Gasteiger partial charge in [-0.1, -0.05) is 94.8 Å². The number of carboxylic acid groups (broad SMARTS) is 2. The van der Waals surface area contributed by atoms with E-state index in [4.69, 9.17) is 11.5 Å². The summed E-state index contributed by atoms with van der Waals surface area (Å²) in [5, 5.41) is 48.4. The molecular formula is C54H78N12O13. The van der Waals surface area contributed by atoms with Gasteiger partial charge in [-0.05, 0) is 68.5 Å². The number of imidazole rings is 1. The Kier molecular flexibility index (Phi) is 25.5. The van der Waals surface area contributed by atoms with Crippen molar-refractivity contribution in [2.75, 3.05) is 13.1 Å². The van der Waals surface area contributed by atoms with Crippen molar-refractivity contribution in [3.63, 3.8) is 0 Å². The van der Waals surface area contributed by atoms with Gasteiger partial charge in [0, 0.05) is 37.7 Å². The van der Waals surface area contributed by atoms with Crippen LogP contribution in [-0.2, 0) is 67.2 Å². The van der Waals surface area contributed by atoms with E-state index in [-0.39, 0.29) is 58.0 Å². The molecule has 2 aromatic carbocycles. The van der Waals surface area contributed by atoms with E-state index in [0.717, 1.165) is 4.90 Å². The number of amides is 8. The first-order chi connectivity index (χ1) is 37.5. The van der Waals surface area contributed by atoms with Crippen molar-refractivity contribution in [1.29, 1.82) is 0 Å². The van der Waals surface area contributed by atoms with Gasteiger partial charge in [0.15, 0.2) is 0 Å². The maximum atomic E-state index is 14.5. The predicted molar refractivity (Wildman–Crippen MR) is 288 cm³/mol. The third-order valence-electron chi connectivity index (χ3n) is 13.7. The molecule has 2 heterocycles. The highest BCUT2D eigenvalue weighted by Crippen LogP contribution is 2.20. The second-order valence-corrected chi connectivity index (χ2v) is 20.3. The maximum absolute atomic E-state index is 14.5. The first-order valence-electron chi connectivity index (χ1n) is 26.6. The topological polar surface area (TPSA) is 400 Å². The molecule has 79 heavy (non-hydrogen) atoms. The zero-order valence-electron chi connectivity index (χ0n) is 45.3. The van der Waals surface area contributed by atoms with Crippen LogP contribution in [0.4, 0.5) is 0 Å². The Labute approximate surface area is 458 Å². The number of aliphatic hydroxyl groups is 1. The molecule has 1 aliphatic heterocycles. The number of carbonyl (C=O) groups excluding carboxylic acids is 8. The zero-order chi connectivity index (χ0) is 58.3. The van der Waals surface area contributed by atoms with Crippen molar-refractivity contribution < 1.29 is 63.3 Å².